The van der Waals surface area contributed by atoms with Gasteiger partial charge in [-0.15, -0.1) is 0 Å². The number of likely N-dealkylation sites (tertiary alicyclic amines) is 1. The van der Waals surface area contributed by atoms with Crippen LogP contribution in [-0.4, -0.2) is 62.3 Å². The number of hydrogen-bond acceptors (Lipinski definition) is 3. The van der Waals surface area contributed by atoms with Crippen molar-refractivity contribution in [1.29, 1.82) is 0 Å². The van der Waals surface area contributed by atoms with E-state index in [4.69, 9.17) is 4.74 Å². The Labute approximate surface area is 151 Å². The summed E-state index contributed by atoms with van der Waals surface area (Å²) >= 11 is 0. The molecule has 0 saturated carbocycles. The molecule has 0 N–H and O–H groups in total. The van der Waals surface area contributed by atoms with E-state index in [-0.39, 0.29) is 0 Å². The van der Waals surface area contributed by atoms with Crippen LogP contribution in [0.25, 0.3) is 0 Å². The Bertz CT molecular complexity index is 347. The molecule has 0 aromatic carbocycles. The van der Waals surface area contributed by atoms with Gasteiger partial charge in [-0.1, -0.05) is 34.6 Å². The van der Waals surface area contributed by atoms with Gasteiger partial charge in [-0.05, 0) is 75.0 Å². The molecule has 3 heteroatoms. The fraction of sp³-hybridized carbons (Fsp3) is 1.00. The molecule has 2 aliphatic heterocycles. The fourth-order valence-electron chi connectivity index (χ4n) is 4.08. The zero-order valence-electron chi connectivity index (χ0n) is 17.1. The summed E-state index contributed by atoms with van der Waals surface area (Å²) in [5.74, 6) is 0.940. The normalized spacial score (nSPS) is 22.9. The maximum atomic E-state index is 5.46. The first-order valence-corrected chi connectivity index (χ1v) is 10.3. The summed E-state index contributed by atoms with van der Waals surface area (Å²) in [5.41, 5.74) is 0.953. The molecular weight excluding hydrogens is 296 g/mol. The molecule has 3 nitrogen and oxygen atoms in total. The van der Waals surface area contributed by atoms with Gasteiger partial charge in [0.25, 0.3) is 0 Å². The van der Waals surface area contributed by atoms with Crippen molar-refractivity contribution in [2.75, 3.05) is 52.5 Å². The number of rotatable bonds is 7. The SMILES string of the molecule is CC(C)(C)CCN1CCC(CC(C)(C)CCN2CCOCC2)CC1. The molecule has 0 unspecified atom stereocenters. The molecule has 0 aliphatic carbocycles. The van der Waals surface area contributed by atoms with Gasteiger partial charge in [0.15, 0.2) is 0 Å². The summed E-state index contributed by atoms with van der Waals surface area (Å²) in [6, 6.07) is 0. The molecule has 2 aliphatic rings. The maximum Gasteiger partial charge on any atom is 0.0594 e. The van der Waals surface area contributed by atoms with Crippen LogP contribution in [0.5, 0.6) is 0 Å². The van der Waals surface area contributed by atoms with Crippen molar-refractivity contribution in [2.45, 2.75) is 66.7 Å². The van der Waals surface area contributed by atoms with Crippen molar-refractivity contribution < 1.29 is 4.74 Å². The molecule has 2 heterocycles. The fourth-order valence-corrected chi connectivity index (χ4v) is 4.08. The highest BCUT2D eigenvalue weighted by molar-refractivity contribution is 4.80. The van der Waals surface area contributed by atoms with E-state index in [1.54, 1.807) is 0 Å². The molecule has 2 saturated heterocycles. The van der Waals surface area contributed by atoms with E-state index in [2.05, 4.69) is 44.4 Å². The largest absolute Gasteiger partial charge is 0.379 e. The van der Waals surface area contributed by atoms with E-state index < -0.39 is 0 Å². The van der Waals surface area contributed by atoms with Crippen molar-refractivity contribution in [3.05, 3.63) is 0 Å². The molecule has 0 aromatic heterocycles. The maximum absolute atomic E-state index is 5.46. The quantitative estimate of drug-likeness (QED) is 0.689. The zero-order valence-corrected chi connectivity index (χ0v) is 17.1. The van der Waals surface area contributed by atoms with Gasteiger partial charge in [0.1, 0.15) is 0 Å². The van der Waals surface area contributed by atoms with Gasteiger partial charge < -0.3 is 9.64 Å². The lowest BCUT2D eigenvalue weighted by molar-refractivity contribution is 0.0305. The molecule has 2 rings (SSSR count). The summed E-state index contributed by atoms with van der Waals surface area (Å²) in [6.45, 7) is 21.3. The average Bonchev–Trinajstić information content (AvgIpc) is 2.52. The van der Waals surface area contributed by atoms with E-state index in [0.29, 0.717) is 10.8 Å². The molecule has 24 heavy (non-hydrogen) atoms. The third-order valence-corrected chi connectivity index (χ3v) is 5.93. The van der Waals surface area contributed by atoms with Gasteiger partial charge in [-0.3, -0.25) is 4.90 Å². The van der Waals surface area contributed by atoms with E-state index in [1.807, 2.05) is 0 Å². The van der Waals surface area contributed by atoms with Gasteiger partial charge in [-0.2, -0.15) is 0 Å². The number of morpholine rings is 1. The summed E-state index contributed by atoms with van der Waals surface area (Å²) < 4.78 is 5.46. The summed E-state index contributed by atoms with van der Waals surface area (Å²) in [7, 11) is 0. The topological polar surface area (TPSA) is 15.7 Å². The highest BCUT2D eigenvalue weighted by Gasteiger charge is 2.27. The molecule has 0 aromatic rings. The second-order valence-electron chi connectivity index (χ2n) is 10.2. The molecular formula is C21H42N2O. The molecule has 0 amide bonds. The van der Waals surface area contributed by atoms with Gasteiger partial charge in [0, 0.05) is 13.1 Å². The van der Waals surface area contributed by atoms with Gasteiger partial charge in [0.05, 0.1) is 13.2 Å². The summed E-state index contributed by atoms with van der Waals surface area (Å²) in [5, 5.41) is 0. The average molecular weight is 339 g/mol. The highest BCUT2D eigenvalue weighted by atomic mass is 16.5. The van der Waals surface area contributed by atoms with Crippen molar-refractivity contribution in [3.8, 4) is 0 Å². The molecule has 0 spiro atoms. The Balaban J connectivity index is 1.64. The number of hydrogen-bond donors (Lipinski definition) is 0. The lowest BCUT2D eigenvalue weighted by Crippen LogP contribution is -2.39. The summed E-state index contributed by atoms with van der Waals surface area (Å²) in [6.07, 6.45) is 6.88. The van der Waals surface area contributed by atoms with E-state index in [1.165, 1.54) is 58.3 Å². The van der Waals surface area contributed by atoms with Gasteiger partial charge in [0.2, 0.25) is 0 Å². The second kappa shape index (κ2) is 9.00. The second-order valence-corrected chi connectivity index (χ2v) is 10.2. The summed E-state index contributed by atoms with van der Waals surface area (Å²) in [4.78, 5) is 5.28. The first kappa shape index (κ1) is 20.2. The van der Waals surface area contributed by atoms with Crippen LogP contribution in [0, 0.1) is 16.7 Å². The lowest BCUT2D eigenvalue weighted by atomic mass is 9.76. The Morgan fingerprint density at radius 2 is 1.33 bits per heavy atom. The Kier molecular flexibility index (Phi) is 7.58. The third kappa shape index (κ3) is 7.84. The van der Waals surface area contributed by atoms with Gasteiger partial charge >= 0.3 is 0 Å². The minimum Gasteiger partial charge on any atom is -0.379 e. The minimum absolute atomic E-state index is 0.471. The minimum atomic E-state index is 0.471. The Morgan fingerprint density at radius 1 is 0.792 bits per heavy atom. The van der Waals surface area contributed by atoms with Crippen molar-refractivity contribution in [1.82, 2.24) is 9.80 Å². The smallest absolute Gasteiger partial charge is 0.0594 e. The van der Waals surface area contributed by atoms with Crippen LogP contribution in [0.4, 0.5) is 0 Å². The number of piperidine rings is 1. The predicted molar refractivity (Wildman–Crippen MR) is 104 cm³/mol. The van der Waals surface area contributed by atoms with Crippen LogP contribution in [0.15, 0.2) is 0 Å². The van der Waals surface area contributed by atoms with Crippen LogP contribution in [0.1, 0.15) is 66.7 Å². The van der Waals surface area contributed by atoms with Gasteiger partial charge in [-0.25, -0.2) is 0 Å². The van der Waals surface area contributed by atoms with E-state index in [9.17, 15) is 0 Å². The van der Waals surface area contributed by atoms with Crippen LogP contribution >= 0.6 is 0 Å². The van der Waals surface area contributed by atoms with E-state index >= 15 is 0 Å². The molecule has 0 atom stereocenters. The first-order valence-electron chi connectivity index (χ1n) is 10.3. The van der Waals surface area contributed by atoms with Crippen molar-refractivity contribution in [2.24, 2.45) is 16.7 Å². The number of ether oxygens (including phenoxy) is 1. The van der Waals surface area contributed by atoms with Crippen LogP contribution in [0.3, 0.4) is 0 Å². The molecule has 142 valence electrons. The third-order valence-electron chi connectivity index (χ3n) is 5.93. The van der Waals surface area contributed by atoms with Crippen LogP contribution in [0.2, 0.25) is 0 Å². The molecule has 0 radical (unpaired) electrons. The zero-order chi connectivity index (χ0) is 17.6. The van der Waals surface area contributed by atoms with E-state index in [0.717, 1.165) is 32.2 Å². The Hall–Kier alpha value is -0.120. The monoisotopic (exact) mass is 338 g/mol. The Morgan fingerprint density at radius 3 is 1.92 bits per heavy atom. The highest BCUT2D eigenvalue weighted by Crippen LogP contribution is 2.34. The number of nitrogens with zero attached hydrogens (tertiary/aromatic N) is 2. The lowest BCUT2D eigenvalue weighted by Gasteiger charge is -2.38. The predicted octanol–water partition coefficient (Wildman–Crippen LogP) is 4.27. The molecule has 0 bridgehead atoms. The molecule has 2 fully saturated rings. The first-order chi connectivity index (χ1) is 11.2. The van der Waals surface area contributed by atoms with Crippen LogP contribution < -0.4 is 0 Å². The van der Waals surface area contributed by atoms with Crippen molar-refractivity contribution in [3.63, 3.8) is 0 Å². The van der Waals surface area contributed by atoms with Crippen LogP contribution in [-0.2, 0) is 4.74 Å². The standard InChI is InChI=1S/C21H42N2O/c1-20(2,3)8-12-22-10-6-19(7-11-22)18-21(4,5)9-13-23-14-16-24-17-15-23/h19H,6-18H2,1-5H3. The van der Waals surface area contributed by atoms with Crippen molar-refractivity contribution >= 4 is 0 Å².